The Morgan fingerprint density at radius 2 is 1.94 bits per heavy atom. The first-order valence-corrected chi connectivity index (χ1v) is 7.42. The highest BCUT2D eigenvalue weighted by molar-refractivity contribution is 7.46. The van der Waals surface area contributed by atoms with E-state index in [1.807, 2.05) is 0 Å². The number of aliphatic hydroxyl groups is 1. The van der Waals surface area contributed by atoms with Crippen molar-refractivity contribution in [3.63, 3.8) is 0 Å². The van der Waals surface area contributed by atoms with Crippen LogP contribution in [0, 0.1) is 0 Å². The molecule has 0 aromatic heterocycles. The van der Waals surface area contributed by atoms with Crippen LogP contribution in [0.5, 0.6) is 0 Å². The van der Waals surface area contributed by atoms with Crippen molar-refractivity contribution in [2.24, 2.45) is 0 Å². The molecule has 0 fully saturated rings. The van der Waals surface area contributed by atoms with Crippen molar-refractivity contribution in [1.29, 1.82) is 0 Å². The number of carbonyl (C=O) groups is 1. The molecule has 1 unspecified atom stereocenters. The van der Waals surface area contributed by atoms with Gasteiger partial charge >= 0.3 is 13.8 Å². The third kappa shape index (κ3) is 10.7. The Hall–Kier alpha value is -0.460. The molecule has 0 rings (SSSR count). The molecule has 0 saturated heterocycles. The molecule has 0 aliphatic rings. The lowest BCUT2D eigenvalue weighted by Gasteiger charge is -2.15. The van der Waals surface area contributed by atoms with Gasteiger partial charge in [0, 0.05) is 6.42 Å². The molecule has 0 saturated carbocycles. The lowest BCUT2D eigenvalue weighted by atomic mass is 10.1. The van der Waals surface area contributed by atoms with Gasteiger partial charge in [-0.15, -0.1) is 0 Å². The minimum atomic E-state index is -4.61. The molecule has 0 heterocycles. The third-order valence-corrected chi connectivity index (χ3v) is 2.65. The molecule has 0 aliphatic carbocycles. The number of ether oxygens (including phenoxy) is 1. The molecule has 0 aromatic carbocycles. The topological polar surface area (TPSA) is 113 Å². The van der Waals surface area contributed by atoms with E-state index in [9.17, 15) is 9.36 Å². The zero-order chi connectivity index (χ0) is 14.0. The van der Waals surface area contributed by atoms with Crippen molar-refractivity contribution in [3.05, 3.63) is 0 Å². The van der Waals surface area contributed by atoms with Crippen LogP contribution < -0.4 is 0 Å². The van der Waals surface area contributed by atoms with Gasteiger partial charge in [-0.3, -0.25) is 9.32 Å². The summed E-state index contributed by atoms with van der Waals surface area (Å²) < 4.78 is 19.4. The maximum Gasteiger partial charge on any atom is 0.469 e. The predicted octanol–water partition coefficient (Wildman–Crippen LogP) is 0.970. The fraction of sp³-hybridized carbons (Fsp3) is 0.900. The molecule has 0 bridgehead atoms. The molecule has 0 aliphatic heterocycles. The number of unbranched alkanes of at least 4 members (excludes halogenated alkanes) is 3. The van der Waals surface area contributed by atoms with Gasteiger partial charge in [0.2, 0.25) is 0 Å². The zero-order valence-electron chi connectivity index (χ0n) is 10.4. The van der Waals surface area contributed by atoms with Gasteiger partial charge in [-0.1, -0.05) is 26.2 Å². The second-order valence-corrected chi connectivity index (χ2v) is 5.13. The van der Waals surface area contributed by atoms with Crippen molar-refractivity contribution in [3.8, 4) is 0 Å². The smallest absolute Gasteiger partial charge is 0.457 e. The van der Waals surface area contributed by atoms with E-state index in [1.165, 1.54) is 0 Å². The number of aliphatic hydroxyl groups excluding tert-OH is 1. The summed E-state index contributed by atoms with van der Waals surface area (Å²) in [5.41, 5.74) is 0. The average Bonchev–Trinajstić information content (AvgIpc) is 2.29. The summed E-state index contributed by atoms with van der Waals surface area (Å²) in [5.74, 6) is -0.500. The number of hydrogen-bond donors (Lipinski definition) is 3. The number of phosphoric acid groups is 1. The van der Waals surface area contributed by atoms with Crippen LogP contribution in [0.2, 0.25) is 0 Å². The summed E-state index contributed by atoms with van der Waals surface area (Å²) in [5, 5.41) is 8.87. The Morgan fingerprint density at radius 1 is 1.28 bits per heavy atom. The third-order valence-electron chi connectivity index (χ3n) is 2.16. The van der Waals surface area contributed by atoms with Gasteiger partial charge in [0.15, 0.2) is 0 Å². The van der Waals surface area contributed by atoms with Gasteiger partial charge in [-0.05, 0) is 6.42 Å². The highest BCUT2D eigenvalue weighted by Crippen LogP contribution is 2.35. The first-order chi connectivity index (χ1) is 8.39. The largest absolute Gasteiger partial charge is 0.469 e. The average molecular weight is 284 g/mol. The number of esters is 1. The Morgan fingerprint density at radius 3 is 2.44 bits per heavy atom. The van der Waals surface area contributed by atoms with Crippen molar-refractivity contribution in [2.75, 3.05) is 13.2 Å². The fourth-order valence-electron chi connectivity index (χ4n) is 1.25. The van der Waals surface area contributed by atoms with Crippen molar-refractivity contribution in [2.45, 2.75) is 45.1 Å². The number of carbonyl (C=O) groups excluding carboxylic acids is 1. The molecule has 7 nitrogen and oxygen atoms in total. The van der Waals surface area contributed by atoms with E-state index in [-0.39, 0.29) is 6.42 Å². The van der Waals surface area contributed by atoms with Gasteiger partial charge in [0.25, 0.3) is 0 Å². The van der Waals surface area contributed by atoms with Gasteiger partial charge in [0.05, 0.1) is 13.2 Å². The highest BCUT2D eigenvalue weighted by Gasteiger charge is 2.20. The van der Waals surface area contributed by atoms with Crippen LogP contribution in [0.4, 0.5) is 0 Å². The normalized spacial score (nSPS) is 13.3. The zero-order valence-corrected chi connectivity index (χ0v) is 11.3. The molecule has 3 N–H and O–H groups in total. The molecule has 0 amide bonds. The molecule has 0 aromatic rings. The minimum Gasteiger partial charge on any atom is -0.457 e. The second kappa shape index (κ2) is 9.47. The highest BCUT2D eigenvalue weighted by atomic mass is 31.2. The summed E-state index contributed by atoms with van der Waals surface area (Å²) in [6.07, 6.45) is 2.91. The van der Waals surface area contributed by atoms with E-state index in [0.717, 1.165) is 19.3 Å². The maximum atomic E-state index is 11.3. The van der Waals surface area contributed by atoms with Crippen LogP contribution in [-0.2, 0) is 18.6 Å². The lowest BCUT2D eigenvalue weighted by molar-refractivity contribution is -0.153. The van der Waals surface area contributed by atoms with Gasteiger partial charge < -0.3 is 19.6 Å². The SMILES string of the molecule is CCCCCCC(=O)OC(CO)COP(=O)(O)O. The van der Waals surface area contributed by atoms with Gasteiger partial charge in [-0.25, -0.2) is 4.57 Å². The standard InChI is InChI=1S/C10H21O7P/c1-2-3-4-5-6-10(12)17-9(7-11)8-16-18(13,14)15/h9,11H,2-8H2,1H3,(H2,13,14,15). The molecular formula is C10H21O7P. The monoisotopic (exact) mass is 284 g/mol. The van der Waals surface area contributed by atoms with E-state index in [0.29, 0.717) is 6.42 Å². The van der Waals surface area contributed by atoms with E-state index in [1.54, 1.807) is 0 Å². The number of hydrogen-bond acceptors (Lipinski definition) is 5. The molecule has 0 spiro atoms. The summed E-state index contributed by atoms with van der Waals surface area (Å²) >= 11 is 0. The minimum absolute atomic E-state index is 0.229. The van der Waals surface area contributed by atoms with Crippen molar-refractivity contribution < 1.29 is 33.5 Å². The van der Waals surface area contributed by atoms with Crippen LogP contribution in [0.3, 0.4) is 0 Å². The first-order valence-electron chi connectivity index (χ1n) is 5.89. The van der Waals surface area contributed by atoms with Crippen LogP contribution in [-0.4, -0.2) is 40.2 Å². The first kappa shape index (κ1) is 17.5. The van der Waals surface area contributed by atoms with E-state index in [4.69, 9.17) is 19.6 Å². The van der Waals surface area contributed by atoms with Crippen LogP contribution in [0.1, 0.15) is 39.0 Å². The number of rotatable bonds is 10. The predicted molar refractivity (Wildman–Crippen MR) is 63.7 cm³/mol. The van der Waals surface area contributed by atoms with Crippen LogP contribution in [0.15, 0.2) is 0 Å². The van der Waals surface area contributed by atoms with E-state index < -0.39 is 33.1 Å². The molecule has 108 valence electrons. The summed E-state index contributed by atoms with van der Waals surface area (Å²) in [7, 11) is -4.61. The Kier molecular flexibility index (Phi) is 9.23. The quantitative estimate of drug-likeness (QED) is 0.311. The van der Waals surface area contributed by atoms with Crippen molar-refractivity contribution >= 4 is 13.8 Å². The Bertz CT molecular complexity index is 275. The van der Waals surface area contributed by atoms with E-state index in [2.05, 4.69) is 11.4 Å². The Balaban J connectivity index is 3.83. The molecule has 1 atom stereocenters. The summed E-state index contributed by atoms with van der Waals surface area (Å²) in [6.45, 7) is 0.988. The van der Waals surface area contributed by atoms with Gasteiger partial charge in [0.1, 0.15) is 6.10 Å². The number of phosphoric ester groups is 1. The van der Waals surface area contributed by atoms with E-state index >= 15 is 0 Å². The second-order valence-electron chi connectivity index (χ2n) is 3.89. The van der Waals surface area contributed by atoms with Crippen molar-refractivity contribution in [1.82, 2.24) is 0 Å². The lowest BCUT2D eigenvalue weighted by Crippen LogP contribution is -2.26. The summed E-state index contributed by atoms with van der Waals surface area (Å²) in [4.78, 5) is 28.2. The van der Waals surface area contributed by atoms with Gasteiger partial charge in [-0.2, -0.15) is 0 Å². The maximum absolute atomic E-state index is 11.3. The molecule has 18 heavy (non-hydrogen) atoms. The Labute approximate surface area is 106 Å². The molecule has 0 radical (unpaired) electrons. The van der Waals surface area contributed by atoms with Crippen LogP contribution >= 0.6 is 7.82 Å². The molecular weight excluding hydrogens is 263 g/mol. The van der Waals surface area contributed by atoms with Crippen LogP contribution in [0.25, 0.3) is 0 Å². The summed E-state index contributed by atoms with van der Waals surface area (Å²) in [6, 6.07) is 0. The molecule has 8 heteroatoms. The fourth-order valence-corrected chi connectivity index (χ4v) is 1.61.